The smallest absolute Gasteiger partial charge is 0.341 e. The summed E-state index contributed by atoms with van der Waals surface area (Å²) in [5.41, 5.74) is 0.644. The standard InChI is InChI=1S/C14H11NO5/c1-7-4-9(12(14(17)18)13(16)15-7)8-2-3-10-11(5-8)20-6-19-10/h2-5H,6H2,1H3,(H,15,16)(H,17,18). The number of aryl methyl sites for hydroxylation is 1. The first-order valence-electron chi connectivity index (χ1n) is 5.93. The molecule has 0 saturated heterocycles. The van der Waals surface area contributed by atoms with Crippen LogP contribution in [0, 0.1) is 6.92 Å². The van der Waals surface area contributed by atoms with E-state index in [-0.39, 0.29) is 12.4 Å². The van der Waals surface area contributed by atoms with Crippen LogP contribution in [0.25, 0.3) is 11.1 Å². The summed E-state index contributed by atoms with van der Waals surface area (Å²) in [4.78, 5) is 25.6. The minimum absolute atomic E-state index is 0.138. The van der Waals surface area contributed by atoms with Gasteiger partial charge in [-0.25, -0.2) is 4.79 Å². The molecule has 1 aromatic carbocycles. The highest BCUT2D eigenvalue weighted by molar-refractivity contribution is 5.95. The van der Waals surface area contributed by atoms with Crippen LogP contribution in [0.4, 0.5) is 0 Å². The maximum absolute atomic E-state index is 11.8. The van der Waals surface area contributed by atoms with Crippen molar-refractivity contribution < 1.29 is 19.4 Å². The number of fused-ring (bicyclic) bond motifs is 1. The van der Waals surface area contributed by atoms with Crippen LogP contribution in [-0.2, 0) is 0 Å². The van der Waals surface area contributed by atoms with Gasteiger partial charge in [0.05, 0.1) is 0 Å². The Kier molecular flexibility index (Phi) is 2.71. The van der Waals surface area contributed by atoms with E-state index in [1.54, 1.807) is 31.2 Å². The lowest BCUT2D eigenvalue weighted by Gasteiger charge is -2.08. The topological polar surface area (TPSA) is 88.6 Å². The Bertz CT molecular complexity index is 763. The summed E-state index contributed by atoms with van der Waals surface area (Å²) < 4.78 is 10.5. The Morgan fingerprint density at radius 1 is 1.25 bits per heavy atom. The Morgan fingerprint density at radius 2 is 2.00 bits per heavy atom. The van der Waals surface area contributed by atoms with E-state index in [0.29, 0.717) is 28.3 Å². The van der Waals surface area contributed by atoms with Crippen LogP contribution in [0.15, 0.2) is 29.1 Å². The summed E-state index contributed by atoms with van der Waals surface area (Å²) in [7, 11) is 0. The van der Waals surface area contributed by atoms with Gasteiger partial charge in [0.2, 0.25) is 6.79 Å². The molecule has 1 aromatic heterocycles. The van der Waals surface area contributed by atoms with E-state index in [1.165, 1.54) is 0 Å². The molecular formula is C14H11NO5. The van der Waals surface area contributed by atoms with Gasteiger partial charge in [0.25, 0.3) is 5.56 Å². The third kappa shape index (κ3) is 1.91. The van der Waals surface area contributed by atoms with Gasteiger partial charge in [-0.15, -0.1) is 0 Å². The zero-order valence-corrected chi connectivity index (χ0v) is 10.6. The molecule has 0 radical (unpaired) electrons. The molecular weight excluding hydrogens is 262 g/mol. The van der Waals surface area contributed by atoms with E-state index >= 15 is 0 Å². The van der Waals surface area contributed by atoms with Crippen LogP contribution in [0.5, 0.6) is 11.5 Å². The van der Waals surface area contributed by atoms with Crippen molar-refractivity contribution >= 4 is 5.97 Å². The van der Waals surface area contributed by atoms with E-state index in [4.69, 9.17) is 9.47 Å². The average Bonchev–Trinajstić information content (AvgIpc) is 2.84. The van der Waals surface area contributed by atoms with Crippen LogP contribution < -0.4 is 15.0 Å². The number of hydrogen-bond acceptors (Lipinski definition) is 4. The second kappa shape index (κ2) is 4.41. The molecule has 0 fully saturated rings. The van der Waals surface area contributed by atoms with E-state index in [2.05, 4.69) is 4.98 Å². The number of carbonyl (C=O) groups is 1. The molecule has 6 heteroatoms. The van der Waals surface area contributed by atoms with Crippen LogP contribution in [-0.4, -0.2) is 22.9 Å². The maximum atomic E-state index is 11.8. The number of nitrogens with one attached hydrogen (secondary N) is 1. The lowest BCUT2D eigenvalue weighted by atomic mass is 10.00. The van der Waals surface area contributed by atoms with Gasteiger partial charge in [0.1, 0.15) is 5.56 Å². The first-order valence-corrected chi connectivity index (χ1v) is 5.93. The molecule has 0 bridgehead atoms. The number of benzene rings is 1. The Morgan fingerprint density at radius 3 is 2.75 bits per heavy atom. The van der Waals surface area contributed by atoms with Gasteiger partial charge in [0, 0.05) is 11.3 Å². The summed E-state index contributed by atoms with van der Waals surface area (Å²) in [6.45, 7) is 1.84. The van der Waals surface area contributed by atoms with E-state index in [1.807, 2.05) is 0 Å². The van der Waals surface area contributed by atoms with Crippen molar-refractivity contribution in [1.29, 1.82) is 0 Å². The molecule has 0 amide bonds. The van der Waals surface area contributed by atoms with Crippen LogP contribution in [0.1, 0.15) is 16.1 Å². The normalized spacial score (nSPS) is 12.4. The monoisotopic (exact) mass is 273 g/mol. The fourth-order valence-corrected chi connectivity index (χ4v) is 2.19. The van der Waals surface area contributed by atoms with Crippen LogP contribution in [0.3, 0.4) is 0 Å². The van der Waals surface area contributed by atoms with Gasteiger partial charge in [-0.3, -0.25) is 4.79 Å². The molecule has 2 N–H and O–H groups in total. The maximum Gasteiger partial charge on any atom is 0.341 e. The number of hydrogen-bond donors (Lipinski definition) is 2. The number of pyridine rings is 1. The van der Waals surface area contributed by atoms with Crippen LogP contribution in [0.2, 0.25) is 0 Å². The molecule has 102 valence electrons. The van der Waals surface area contributed by atoms with Crippen LogP contribution >= 0.6 is 0 Å². The minimum atomic E-state index is -1.26. The van der Waals surface area contributed by atoms with Gasteiger partial charge in [0.15, 0.2) is 11.5 Å². The summed E-state index contributed by atoms with van der Waals surface area (Å²) in [5.74, 6) is -0.122. The van der Waals surface area contributed by atoms with Gasteiger partial charge >= 0.3 is 5.97 Å². The lowest BCUT2D eigenvalue weighted by molar-refractivity contribution is 0.0696. The molecule has 0 saturated carbocycles. The number of ether oxygens (including phenoxy) is 2. The van der Waals surface area contributed by atoms with Gasteiger partial charge < -0.3 is 19.6 Å². The number of carboxylic acid groups (broad SMARTS) is 1. The molecule has 2 aromatic rings. The predicted molar refractivity (Wildman–Crippen MR) is 70.3 cm³/mol. The zero-order chi connectivity index (χ0) is 14.3. The molecule has 0 atom stereocenters. The van der Waals surface area contributed by atoms with Crippen molar-refractivity contribution in [3.05, 3.63) is 45.9 Å². The van der Waals surface area contributed by atoms with Crippen molar-refractivity contribution in [3.63, 3.8) is 0 Å². The fraction of sp³-hybridized carbons (Fsp3) is 0.143. The average molecular weight is 273 g/mol. The summed E-state index contributed by atoms with van der Waals surface area (Å²) in [6, 6.07) is 6.69. The number of aromatic nitrogens is 1. The first kappa shape index (κ1) is 12.3. The molecule has 3 rings (SSSR count). The third-order valence-electron chi connectivity index (χ3n) is 3.07. The molecule has 6 nitrogen and oxygen atoms in total. The number of aromatic amines is 1. The zero-order valence-electron chi connectivity index (χ0n) is 10.6. The van der Waals surface area contributed by atoms with Crippen molar-refractivity contribution in [2.45, 2.75) is 6.92 Å². The Labute approximate surface area is 113 Å². The van der Waals surface area contributed by atoms with E-state index in [0.717, 1.165) is 0 Å². The summed E-state index contributed by atoms with van der Waals surface area (Å²) in [5, 5.41) is 9.22. The number of aromatic carboxylic acids is 1. The third-order valence-corrected chi connectivity index (χ3v) is 3.07. The molecule has 2 heterocycles. The lowest BCUT2D eigenvalue weighted by Crippen LogP contribution is -2.19. The molecule has 0 unspecified atom stereocenters. The first-order chi connectivity index (χ1) is 9.56. The van der Waals surface area contributed by atoms with Crippen molar-refractivity contribution in [1.82, 2.24) is 4.98 Å². The highest BCUT2D eigenvalue weighted by Gasteiger charge is 2.20. The Hall–Kier alpha value is -2.76. The molecule has 0 spiro atoms. The predicted octanol–water partition coefficient (Wildman–Crippen LogP) is 1.78. The van der Waals surface area contributed by atoms with Gasteiger partial charge in [-0.05, 0) is 30.7 Å². The fourth-order valence-electron chi connectivity index (χ4n) is 2.19. The Balaban J connectivity index is 2.24. The quantitative estimate of drug-likeness (QED) is 0.870. The highest BCUT2D eigenvalue weighted by Crippen LogP contribution is 2.36. The van der Waals surface area contributed by atoms with E-state index in [9.17, 15) is 14.7 Å². The number of H-pyrrole nitrogens is 1. The number of carboxylic acids is 1. The second-order valence-corrected chi connectivity index (χ2v) is 4.44. The molecule has 1 aliphatic rings. The summed E-state index contributed by atoms with van der Waals surface area (Å²) >= 11 is 0. The minimum Gasteiger partial charge on any atom is -0.477 e. The molecule has 0 aliphatic carbocycles. The molecule has 20 heavy (non-hydrogen) atoms. The van der Waals surface area contributed by atoms with Gasteiger partial charge in [-0.2, -0.15) is 0 Å². The van der Waals surface area contributed by atoms with Crippen molar-refractivity contribution in [3.8, 4) is 22.6 Å². The highest BCUT2D eigenvalue weighted by atomic mass is 16.7. The molecule has 1 aliphatic heterocycles. The van der Waals surface area contributed by atoms with Crippen molar-refractivity contribution in [2.75, 3.05) is 6.79 Å². The van der Waals surface area contributed by atoms with E-state index < -0.39 is 11.5 Å². The SMILES string of the molecule is Cc1cc(-c2ccc3c(c2)OCO3)c(C(=O)O)c(=O)[nH]1. The van der Waals surface area contributed by atoms with Crippen molar-refractivity contribution in [2.24, 2.45) is 0 Å². The van der Waals surface area contributed by atoms with Gasteiger partial charge in [-0.1, -0.05) is 6.07 Å². The summed E-state index contributed by atoms with van der Waals surface area (Å²) in [6.07, 6.45) is 0. The second-order valence-electron chi connectivity index (χ2n) is 4.44. The number of rotatable bonds is 2. The largest absolute Gasteiger partial charge is 0.477 e.